The van der Waals surface area contributed by atoms with Crippen molar-refractivity contribution in [2.75, 3.05) is 13.7 Å². The summed E-state index contributed by atoms with van der Waals surface area (Å²) in [6.07, 6.45) is 6.89. The maximum atomic E-state index is 11.5. The van der Waals surface area contributed by atoms with E-state index in [1.54, 1.807) is 0 Å². The Morgan fingerprint density at radius 1 is 1.43 bits per heavy atom. The second-order valence-corrected chi connectivity index (χ2v) is 4.63. The van der Waals surface area contributed by atoms with Crippen molar-refractivity contribution in [3.05, 3.63) is 0 Å². The zero-order valence-electron chi connectivity index (χ0n) is 8.84. The molecule has 14 heavy (non-hydrogen) atoms. The van der Waals surface area contributed by atoms with Crippen molar-refractivity contribution < 1.29 is 9.53 Å². The van der Waals surface area contributed by atoms with Gasteiger partial charge in [0, 0.05) is 5.54 Å². The Kier molecular flexibility index (Phi) is 2.77. The third-order valence-corrected chi connectivity index (χ3v) is 3.71. The SMILES string of the molecule is COC(=O)[C@@H]1CCC[C@]2(CCCN2)C1. The molecule has 1 saturated carbocycles. The quantitative estimate of drug-likeness (QED) is 0.647. The summed E-state index contributed by atoms with van der Waals surface area (Å²) < 4.78 is 4.83. The second kappa shape index (κ2) is 3.89. The second-order valence-electron chi connectivity index (χ2n) is 4.63. The maximum Gasteiger partial charge on any atom is 0.308 e. The first-order valence-corrected chi connectivity index (χ1v) is 5.59. The molecule has 0 aromatic heterocycles. The van der Waals surface area contributed by atoms with Gasteiger partial charge in [-0.15, -0.1) is 0 Å². The van der Waals surface area contributed by atoms with E-state index >= 15 is 0 Å². The summed E-state index contributed by atoms with van der Waals surface area (Å²) in [5, 5.41) is 3.57. The van der Waals surface area contributed by atoms with Gasteiger partial charge in [0.2, 0.25) is 0 Å². The molecule has 0 aromatic rings. The molecule has 0 aromatic carbocycles. The lowest BCUT2D eigenvalue weighted by atomic mass is 9.75. The first-order chi connectivity index (χ1) is 6.76. The van der Waals surface area contributed by atoms with Crippen LogP contribution in [0.3, 0.4) is 0 Å². The van der Waals surface area contributed by atoms with Gasteiger partial charge in [0.15, 0.2) is 0 Å². The van der Waals surface area contributed by atoms with Crippen molar-refractivity contribution in [2.24, 2.45) is 5.92 Å². The minimum absolute atomic E-state index is 0.0159. The summed E-state index contributed by atoms with van der Waals surface area (Å²) in [4.78, 5) is 11.5. The van der Waals surface area contributed by atoms with E-state index < -0.39 is 0 Å². The van der Waals surface area contributed by atoms with Crippen LogP contribution >= 0.6 is 0 Å². The van der Waals surface area contributed by atoms with Gasteiger partial charge < -0.3 is 10.1 Å². The van der Waals surface area contributed by atoms with Crippen LogP contribution in [-0.4, -0.2) is 25.2 Å². The highest BCUT2D eigenvalue weighted by Crippen LogP contribution is 2.38. The van der Waals surface area contributed by atoms with Crippen molar-refractivity contribution in [1.29, 1.82) is 0 Å². The summed E-state index contributed by atoms with van der Waals surface area (Å²) in [6.45, 7) is 1.12. The van der Waals surface area contributed by atoms with Gasteiger partial charge in [-0.25, -0.2) is 0 Å². The molecule has 0 amide bonds. The molecular formula is C11H19NO2. The minimum atomic E-state index is -0.0159. The molecular weight excluding hydrogens is 178 g/mol. The lowest BCUT2D eigenvalue weighted by molar-refractivity contribution is -0.147. The van der Waals surface area contributed by atoms with Crippen LogP contribution in [-0.2, 0) is 9.53 Å². The van der Waals surface area contributed by atoms with E-state index in [4.69, 9.17) is 4.74 Å². The van der Waals surface area contributed by atoms with Gasteiger partial charge >= 0.3 is 5.97 Å². The Morgan fingerprint density at radius 2 is 2.21 bits per heavy atom. The van der Waals surface area contributed by atoms with E-state index in [0.29, 0.717) is 0 Å². The first kappa shape index (κ1) is 9.97. The van der Waals surface area contributed by atoms with Gasteiger partial charge in [-0.05, 0) is 38.6 Å². The highest BCUT2D eigenvalue weighted by Gasteiger charge is 2.40. The number of nitrogens with one attached hydrogen (secondary N) is 1. The Bertz CT molecular complexity index is 221. The minimum Gasteiger partial charge on any atom is -0.469 e. The number of carbonyl (C=O) groups excluding carboxylic acids is 1. The van der Waals surface area contributed by atoms with E-state index in [-0.39, 0.29) is 17.4 Å². The van der Waals surface area contributed by atoms with Crippen LogP contribution in [0, 0.1) is 5.92 Å². The average Bonchev–Trinajstić information content (AvgIpc) is 2.65. The molecule has 1 aliphatic carbocycles. The predicted octanol–water partition coefficient (Wildman–Crippen LogP) is 1.47. The Hall–Kier alpha value is -0.570. The monoisotopic (exact) mass is 197 g/mol. The van der Waals surface area contributed by atoms with Gasteiger partial charge in [0.05, 0.1) is 13.0 Å². The highest BCUT2D eigenvalue weighted by molar-refractivity contribution is 5.72. The van der Waals surface area contributed by atoms with E-state index in [9.17, 15) is 4.79 Å². The van der Waals surface area contributed by atoms with Gasteiger partial charge in [-0.2, -0.15) is 0 Å². The van der Waals surface area contributed by atoms with Crippen LogP contribution in [0.15, 0.2) is 0 Å². The third kappa shape index (κ3) is 1.78. The predicted molar refractivity (Wildman–Crippen MR) is 53.9 cm³/mol. The Labute approximate surface area is 85.2 Å². The normalized spacial score (nSPS) is 37.4. The smallest absolute Gasteiger partial charge is 0.308 e. The topological polar surface area (TPSA) is 38.3 Å². The Morgan fingerprint density at radius 3 is 2.86 bits per heavy atom. The number of carbonyl (C=O) groups is 1. The van der Waals surface area contributed by atoms with Crippen LogP contribution in [0.1, 0.15) is 38.5 Å². The highest BCUT2D eigenvalue weighted by atomic mass is 16.5. The molecule has 80 valence electrons. The molecule has 3 heteroatoms. The van der Waals surface area contributed by atoms with Crippen LogP contribution in [0.2, 0.25) is 0 Å². The van der Waals surface area contributed by atoms with Gasteiger partial charge in [0.25, 0.3) is 0 Å². The van der Waals surface area contributed by atoms with E-state index in [1.807, 2.05) is 0 Å². The summed E-state index contributed by atoms with van der Waals surface area (Å²) in [5.74, 6) is 0.122. The molecule has 2 aliphatic rings. The van der Waals surface area contributed by atoms with Gasteiger partial charge in [-0.3, -0.25) is 4.79 Å². The molecule has 0 radical (unpaired) electrons. The summed E-state index contributed by atoms with van der Waals surface area (Å²) in [7, 11) is 1.49. The van der Waals surface area contributed by atoms with Crippen molar-refractivity contribution in [2.45, 2.75) is 44.1 Å². The molecule has 0 bridgehead atoms. The molecule has 2 rings (SSSR count). The molecule has 2 fully saturated rings. The van der Waals surface area contributed by atoms with Gasteiger partial charge in [-0.1, -0.05) is 6.42 Å². The lowest BCUT2D eigenvalue weighted by Crippen LogP contribution is -2.45. The van der Waals surface area contributed by atoms with Crippen LogP contribution in [0.25, 0.3) is 0 Å². The van der Waals surface area contributed by atoms with E-state index in [2.05, 4.69) is 5.32 Å². The maximum absolute atomic E-state index is 11.5. The molecule has 1 aliphatic heterocycles. The average molecular weight is 197 g/mol. The van der Waals surface area contributed by atoms with E-state index in [1.165, 1.54) is 26.4 Å². The molecule has 1 saturated heterocycles. The fraction of sp³-hybridized carbons (Fsp3) is 0.909. The first-order valence-electron chi connectivity index (χ1n) is 5.59. The zero-order valence-corrected chi connectivity index (χ0v) is 8.84. The number of hydrogen-bond donors (Lipinski definition) is 1. The van der Waals surface area contributed by atoms with Crippen LogP contribution < -0.4 is 5.32 Å². The Balaban J connectivity index is 1.99. The molecule has 0 unspecified atom stereocenters. The fourth-order valence-electron chi connectivity index (χ4n) is 2.99. The number of rotatable bonds is 1. The summed E-state index contributed by atoms with van der Waals surface area (Å²) in [5.41, 5.74) is 0.275. The van der Waals surface area contributed by atoms with Gasteiger partial charge in [0.1, 0.15) is 0 Å². The fourth-order valence-corrected chi connectivity index (χ4v) is 2.99. The largest absolute Gasteiger partial charge is 0.469 e. The molecule has 1 spiro atoms. The van der Waals surface area contributed by atoms with Crippen LogP contribution in [0.4, 0.5) is 0 Å². The standard InChI is InChI=1S/C11H19NO2/c1-14-10(13)9-4-2-5-11(8-9)6-3-7-12-11/h9,12H,2-8H2,1H3/t9-,11+/m1/s1. The van der Waals surface area contributed by atoms with Crippen molar-refractivity contribution >= 4 is 5.97 Å². The molecule has 2 atom stereocenters. The van der Waals surface area contributed by atoms with E-state index in [0.717, 1.165) is 25.8 Å². The molecule has 3 nitrogen and oxygen atoms in total. The molecule has 1 N–H and O–H groups in total. The van der Waals surface area contributed by atoms with Crippen molar-refractivity contribution in [3.63, 3.8) is 0 Å². The molecule has 1 heterocycles. The summed E-state index contributed by atoms with van der Waals surface area (Å²) >= 11 is 0. The number of methoxy groups -OCH3 is 1. The number of esters is 1. The van der Waals surface area contributed by atoms with Crippen molar-refractivity contribution in [3.8, 4) is 0 Å². The number of hydrogen-bond acceptors (Lipinski definition) is 3. The van der Waals surface area contributed by atoms with Crippen LogP contribution in [0.5, 0.6) is 0 Å². The van der Waals surface area contributed by atoms with Crippen molar-refractivity contribution in [1.82, 2.24) is 5.32 Å². The summed E-state index contributed by atoms with van der Waals surface area (Å²) in [6, 6.07) is 0. The third-order valence-electron chi connectivity index (χ3n) is 3.71. The zero-order chi connectivity index (χ0) is 10.0. The lowest BCUT2D eigenvalue weighted by Gasteiger charge is -2.37. The number of ether oxygens (including phenoxy) is 1.